The molecule has 0 radical (unpaired) electrons. The molecule has 2 aromatic heterocycles. The lowest BCUT2D eigenvalue weighted by Gasteiger charge is -2.27. The molecule has 48 nitrogen and oxygen atoms in total. The molecule has 2 aromatic rings. The van der Waals surface area contributed by atoms with Crippen molar-refractivity contribution >= 4 is 101 Å². The van der Waals surface area contributed by atoms with E-state index in [1.165, 1.54) is 77.4 Å². The third-order valence-electron chi connectivity index (χ3n) is 18.7. The number of hydrogen-bond acceptors (Lipinski definition) is 29. The molecule has 0 saturated carbocycles. The molecule has 2 rings (SSSR count). The number of likely N-dealkylation sites (N-methyl/N-ethyl adjacent to an activating group) is 1. The Kier molecular flexibility index (Phi) is 59.3. The molecule has 700 valence electrons. The van der Waals surface area contributed by atoms with Crippen molar-refractivity contribution in [2.45, 2.75) is 229 Å². The summed E-state index contributed by atoms with van der Waals surface area (Å²) in [4.78, 5) is 227. The van der Waals surface area contributed by atoms with Crippen molar-refractivity contribution in [1.82, 2.24) is 105 Å². The van der Waals surface area contributed by atoms with Crippen LogP contribution in [0.15, 0.2) is 12.5 Å². The highest BCUT2D eigenvalue weighted by molar-refractivity contribution is 5.98. The summed E-state index contributed by atoms with van der Waals surface area (Å²) in [6.45, 7) is -3.74. The topological polar surface area (TPSA) is 723 Å². The normalized spacial score (nSPS) is 13.0. The fourth-order valence-electron chi connectivity index (χ4n) is 12.0. The minimum absolute atomic E-state index is 0.00702. The van der Waals surface area contributed by atoms with E-state index >= 15 is 0 Å². The Bertz CT molecular complexity index is 3520. The molecule has 0 spiro atoms. The number of aliphatic hydroxyl groups is 3. The third kappa shape index (κ3) is 53.1. The number of hydrogen-bond donors (Lipinski definition) is 22. The summed E-state index contributed by atoms with van der Waals surface area (Å²) in [6.07, 6.45) is 17.7. The van der Waals surface area contributed by atoms with E-state index in [1.54, 1.807) is 0 Å². The number of carbonyl (C=O) groups excluding carboxylic acids is 15. The molecule has 24 N–H and O–H groups in total. The minimum Gasteiger partial charge on any atom is -0.480 e. The Labute approximate surface area is 718 Å². The zero-order valence-corrected chi connectivity index (χ0v) is 70.8. The van der Waals surface area contributed by atoms with Crippen molar-refractivity contribution in [1.29, 1.82) is 0 Å². The molecular weight excluding hydrogens is 1640 g/mol. The second-order valence-electron chi connectivity index (χ2n) is 29.0. The quantitative estimate of drug-likeness (QED) is 0.0274. The average molecular weight is 1770 g/mol. The van der Waals surface area contributed by atoms with Crippen molar-refractivity contribution in [2.75, 3.05) is 126 Å². The number of ether oxygens (including phenoxy) is 4. The van der Waals surface area contributed by atoms with E-state index in [2.05, 4.69) is 99.7 Å². The molecular formula is C76H130N22O26. The van der Waals surface area contributed by atoms with E-state index < -0.39 is 221 Å². The summed E-state index contributed by atoms with van der Waals surface area (Å²) >= 11 is 0. The van der Waals surface area contributed by atoms with Crippen LogP contribution in [-0.4, -0.2) is 335 Å². The van der Waals surface area contributed by atoms with Crippen LogP contribution in [0.1, 0.15) is 179 Å². The zero-order chi connectivity index (χ0) is 91.7. The molecule has 0 bridgehead atoms. The number of aryl methyl sites for hydroxylation is 1. The fourth-order valence-corrected chi connectivity index (χ4v) is 12.0. The van der Waals surface area contributed by atoms with Crippen LogP contribution >= 0.6 is 0 Å². The zero-order valence-electron chi connectivity index (χ0n) is 70.8. The Morgan fingerprint density at radius 2 is 0.863 bits per heavy atom. The van der Waals surface area contributed by atoms with Gasteiger partial charge < -0.3 is 130 Å². The first-order valence-corrected chi connectivity index (χ1v) is 41.8. The molecule has 0 aliphatic heterocycles. The molecule has 2 heterocycles. The summed E-state index contributed by atoms with van der Waals surface area (Å²) in [5, 5.41) is 94.4. The molecule has 124 heavy (non-hydrogen) atoms. The van der Waals surface area contributed by atoms with Gasteiger partial charge in [0, 0.05) is 71.4 Å². The van der Waals surface area contributed by atoms with Gasteiger partial charge in [0.25, 0.3) is 0 Å². The summed E-state index contributed by atoms with van der Waals surface area (Å²) in [6, 6.07) is -13.5. The number of nitrogens with one attached hydrogen (secondary N) is 15. The second kappa shape index (κ2) is 67.4. The predicted octanol–water partition coefficient (Wildman–Crippen LogP) is -6.95. The van der Waals surface area contributed by atoms with Crippen LogP contribution in [0.4, 0.5) is 0 Å². The number of rotatable bonds is 76. The largest absolute Gasteiger partial charge is 0.480 e. The van der Waals surface area contributed by atoms with E-state index in [9.17, 15) is 107 Å². The highest BCUT2D eigenvalue weighted by atomic mass is 16.5. The number of imidazole rings is 1. The van der Waals surface area contributed by atoms with Crippen LogP contribution in [0.2, 0.25) is 0 Å². The molecule has 15 amide bonds. The predicted molar refractivity (Wildman–Crippen MR) is 437 cm³/mol. The molecule has 0 aromatic carbocycles. The molecule has 8 atom stereocenters. The van der Waals surface area contributed by atoms with Crippen LogP contribution in [0.25, 0.3) is 0 Å². The highest BCUT2D eigenvalue weighted by Gasteiger charge is 2.35. The lowest BCUT2D eigenvalue weighted by molar-refractivity contribution is -0.142. The van der Waals surface area contributed by atoms with Gasteiger partial charge in [-0.2, -0.15) is 0 Å². The molecule has 0 aliphatic rings. The number of unbranched alkanes of at least 4 members (excludes halogenated alkanes) is 14. The summed E-state index contributed by atoms with van der Waals surface area (Å²) in [5.74, 6) is -15.4. The number of amides is 15. The summed E-state index contributed by atoms with van der Waals surface area (Å²) in [5.41, 5.74) is 10.9. The number of nitrogens with zero attached hydrogens (tertiary/aromatic N) is 5. The van der Waals surface area contributed by atoms with Gasteiger partial charge in [-0.3, -0.25) is 86.4 Å². The average Bonchev–Trinajstić information content (AvgIpc) is 1.14. The Morgan fingerprint density at radius 3 is 1.34 bits per heavy atom. The van der Waals surface area contributed by atoms with Crippen LogP contribution < -0.4 is 80.6 Å². The Balaban J connectivity index is 1.88. The van der Waals surface area contributed by atoms with Gasteiger partial charge in [0.05, 0.1) is 91.1 Å². The van der Waals surface area contributed by atoms with Gasteiger partial charge in [0.1, 0.15) is 67.4 Å². The molecule has 0 aliphatic carbocycles. The van der Waals surface area contributed by atoms with E-state index in [1.807, 2.05) is 6.92 Å². The fraction of sp³-hybridized carbons (Fsp3) is 0.724. The number of H-pyrrole nitrogens is 2. The molecule has 0 saturated heterocycles. The first-order valence-electron chi connectivity index (χ1n) is 41.8. The van der Waals surface area contributed by atoms with E-state index in [0.29, 0.717) is 32.4 Å². The van der Waals surface area contributed by atoms with E-state index in [0.717, 1.165) is 49.2 Å². The van der Waals surface area contributed by atoms with Gasteiger partial charge in [-0.15, -0.1) is 5.10 Å². The van der Waals surface area contributed by atoms with Gasteiger partial charge in [0.2, 0.25) is 88.6 Å². The van der Waals surface area contributed by atoms with Crippen LogP contribution in [-0.2, 0) is 113 Å². The number of carboxylic acid groups (broad SMARTS) is 2. The summed E-state index contributed by atoms with van der Waals surface area (Å²) < 4.78 is 21.4. The van der Waals surface area contributed by atoms with Gasteiger partial charge in [-0.25, -0.2) is 10.1 Å². The van der Waals surface area contributed by atoms with Crippen LogP contribution in [0, 0.1) is 0 Å². The van der Waals surface area contributed by atoms with Crippen molar-refractivity contribution < 1.29 is 126 Å². The van der Waals surface area contributed by atoms with E-state index in [4.69, 9.17) is 30.4 Å². The second-order valence-corrected chi connectivity index (χ2v) is 29.0. The van der Waals surface area contributed by atoms with Crippen molar-refractivity contribution in [3.63, 3.8) is 0 Å². The van der Waals surface area contributed by atoms with Gasteiger partial charge in [0.15, 0.2) is 0 Å². The Hall–Kier alpha value is -11.0. The maximum absolute atomic E-state index is 14.4. The number of nitrogens with two attached hydrogens (primary N) is 2. The number of primary amides is 2. The highest BCUT2D eigenvalue weighted by Crippen LogP contribution is 2.15. The van der Waals surface area contributed by atoms with Crippen molar-refractivity contribution in [2.24, 2.45) is 11.5 Å². The SMILES string of the molecule is CCCCC(NC(=O)CCNC(=O)C(CCCCN(CC(=O)O)CC(=O)O)NC(=O)C(Cc1c[nH]cn1)NC(=O)C(CCC(N)=O)NC(=O)[C@H](CO)NC(=O)[C@H](CO)NC(=O)[C@H](CCC(N)=O)NC(=O)[C@@H](CO)NC(=O)CNC(=O)COCCOCCNC(=O)COCCOCCNC(=O)CCCCCCCCCCCCCCCc1nnn[nH]1)C(=O)NC. The monoisotopic (exact) mass is 1770 g/mol. The first-order chi connectivity index (χ1) is 59.5. The molecule has 4 unspecified atom stereocenters. The number of carboxylic acids is 2. The Morgan fingerprint density at radius 1 is 0.427 bits per heavy atom. The van der Waals surface area contributed by atoms with Crippen LogP contribution in [0.5, 0.6) is 0 Å². The summed E-state index contributed by atoms with van der Waals surface area (Å²) in [7, 11) is 1.40. The maximum Gasteiger partial charge on any atom is 0.317 e. The third-order valence-corrected chi connectivity index (χ3v) is 18.7. The number of carbonyl (C=O) groups is 17. The van der Waals surface area contributed by atoms with Gasteiger partial charge >= 0.3 is 11.9 Å². The van der Waals surface area contributed by atoms with Crippen LogP contribution in [0.3, 0.4) is 0 Å². The first kappa shape index (κ1) is 109. The number of aromatic nitrogens is 6. The lowest BCUT2D eigenvalue weighted by Crippen LogP contribution is -2.61. The van der Waals surface area contributed by atoms with Crippen molar-refractivity contribution in [3.8, 4) is 0 Å². The number of aliphatic carboxylic acids is 2. The number of tetrazole rings is 1. The van der Waals surface area contributed by atoms with Gasteiger partial charge in [-0.1, -0.05) is 90.4 Å². The van der Waals surface area contributed by atoms with Gasteiger partial charge in [-0.05, 0) is 68.3 Å². The van der Waals surface area contributed by atoms with Crippen molar-refractivity contribution in [3.05, 3.63) is 24.0 Å². The molecule has 48 heteroatoms. The smallest absolute Gasteiger partial charge is 0.317 e. The van der Waals surface area contributed by atoms with E-state index in [-0.39, 0.29) is 96.6 Å². The lowest BCUT2D eigenvalue weighted by atomic mass is 10.0. The maximum atomic E-state index is 14.4. The molecule has 0 fully saturated rings. The minimum atomic E-state index is -2.04. The number of aliphatic hydroxyl groups excluding tert-OH is 3. The number of aromatic amines is 2. The standard InChI is InChI=1S/C76H130N22O26/c1-3-4-20-51(69(113)79-2)86-63(105)28-29-83-70(114)52(21-18-19-32-98(42-67(109)110)43-68(111)112)88-73(117)55(39-50-40-80-49-85-50)91-71(115)53(24-26-59(77)102)90-75(119)57(45-100)93-76(120)58(46-101)92-72(116)54(25-27-60(78)103)89-74(118)56(44-99)87-64(106)41-84-66(108)48-124-38-36-122-34-31-82-65(107)47-123-37-35-121-33-30-81-62(104)23-17-15-13-11-9-7-5-6-8-10-12-14-16-22-61-94-96-97-95-61/h40,49,51-58,99-101H,3-39,41-48H2,1-2H3,(H2,77,102)(H2,78,103)(H,79,113)(H,80,85)(H,81,104)(H,82,107)(H,83,114)(H,84,108)(H,86,105)(H,87,106)(H,88,117)(H,89,118)(H,90,119)(H,91,115)(H,92,116)(H,93,120)(H,109,110)(H,111,112)(H,94,95,96,97)/t51?,52?,53?,54-,55?,56+,57-,58-/m0/s1.